The van der Waals surface area contributed by atoms with E-state index in [-0.39, 0.29) is 0 Å². The predicted octanol–water partition coefficient (Wildman–Crippen LogP) is -0.929. The number of hydrogen-bond acceptors (Lipinski definition) is 4. The standard InChI is InChI=1S/C4H10N2O4/c1-9-5-4(8)6(3-7)10-2/h7H,3H2,1-2H3,(H,5,8). The Morgan fingerprint density at radius 2 is 2.30 bits per heavy atom. The van der Waals surface area contributed by atoms with Crippen LogP contribution in [0.2, 0.25) is 0 Å². The molecular weight excluding hydrogens is 140 g/mol. The van der Waals surface area contributed by atoms with Crippen LogP contribution in [0.4, 0.5) is 4.79 Å². The lowest BCUT2D eigenvalue weighted by Crippen LogP contribution is -2.39. The van der Waals surface area contributed by atoms with Gasteiger partial charge in [-0.15, -0.1) is 0 Å². The van der Waals surface area contributed by atoms with Crippen molar-refractivity contribution in [1.82, 2.24) is 10.5 Å². The number of nitrogens with one attached hydrogen (secondary N) is 1. The first-order chi connectivity index (χ1) is 4.76. The Labute approximate surface area is 58.2 Å². The van der Waals surface area contributed by atoms with Gasteiger partial charge >= 0.3 is 6.03 Å². The summed E-state index contributed by atoms with van der Waals surface area (Å²) in [6, 6.07) is -0.660. The third kappa shape index (κ3) is 2.62. The second-order valence-corrected chi connectivity index (χ2v) is 1.31. The lowest BCUT2D eigenvalue weighted by Gasteiger charge is -2.15. The molecule has 0 spiro atoms. The van der Waals surface area contributed by atoms with Crippen LogP contribution < -0.4 is 5.48 Å². The highest BCUT2D eigenvalue weighted by molar-refractivity contribution is 5.71. The zero-order chi connectivity index (χ0) is 7.98. The minimum absolute atomic E-state index is 0.522. The number of amides is 2. The van der Waals surface area contributed by atoms with Gasteiger partial charge in [-0.3, -0.25) is 9.68 Å². The van der Waals surface area contributed by atoms with Gasteiger partial charge in [0.15, 0.2) is 0 Å². The fourth-order valence-corrected chi connectivity index (χ4v) is 0.343. The van der Waals surface area contributed by atoms with Gasteiger partial charge in [-0.25, -0.2) is 10.3 Å². The first kappa shape index (κ1) is 9.15. The van der Waals surface area contributed by atoms with Gasteiger partial charge in [0, 0.05) is 0 Å². The largest absolute Gasteiger partial charge is 0.374 e. The molecule has 60 valence electrons. The average molecular weight is 150 g/mol. The summed E-state index contributed by atoms with van der Waals surface area (Å²) in [6.07, 6.45) is 0. The number of rotatable bonds is 3. The topological polar surface area (TPSA) is 71.0 Å². The molecule has 2 amide bonds. The Morgan fingerprint density at radius 3 is 2.60 bits per heavy atom. The molecule has 6 heteroatoms. The smallest absolute Gasteiger partial charge is 0.367 e. The molecule has 0 unspecified atom stereocenters. The summed E-state index contributed by atoms with van der Waals surface area (Å²) < 4.78 is 0. The monoisotopic (exact) mass is 150 g/mol. The van der Waals surface area contributed by atoms with Gasteiger partial charge in [-0.1, -0.05) is 0 Å². The van der Waals surface area contributed by atoms with E-state index < -0.39 is 12.8 Å². The van der Waals surface area contributed by atoms with Crippen LogP contribution in [0, 0.1) is 0 Å². The molecule has 0 rings (SSSR count). The van der Waals surface area contributed by atoms with Crippen LogP contribution in [-0.2, 0) is 9.68 Å². The number of hydroxylamine groups is 3. The molecule has 0 heterocycles. The van der Waals surface area contributed by atoms with Gasteiger partial charge in [-0.05, 0) is 0 Å². The van der Waals surface area contributed by atoms with Crippen LogP contribution in [0.5, 0.6) is 0 Å². The molecule has 0 aromatic rings. The lowest BCUT2D eigenvalue weighted by molar-refractivity contribution is -0.138. The van der Waals surface area contributed by atoms with Crippen molar-refractivity contribution in [3.8, 4) is 0 Å². The van der Waals surface area contributed by atoms with Crippen molar-refractivity contribution in [2.45, 2.75) is 0 Å². The molecule has 0 aliphatic carbocycles. The number of hydrogen-bond donors (Lipinski definition) is 2. The summed E-state index contributed by atoms with van der Waals surface area (Å²) in [5.74, 6) is 0. The van der Waals surface area contributed by atoms with Crippen molar-refractivity contribution in [2.24, 2.45) is 0 Å². The van der Waals surface area contributed by atoms with E-state index >= 15 is 0 Å². The SMILES string of the molecule is CONC(=O)N(CO)OC. The van der Waals surface area contributed by atoms with E-state index in [1.807, 2.05) is 5.48 Å². The Morgan fingerprint density at radius 1 is 1.70 bits per heavy atom. The normalized spacial score (nSPS) is 9.10. The summed E-state index contributed by atoms with van der Waals surface area (Å²) in [6.45, 7) is -0.522. The lowest BCUT2D eigenvalue weighted by atomic mass is 11.0. The Balaban J connectivity index is 3.65. The molecule has 0 fully saturated rings. The average Bonchev–Trinajstić information content (AvgIpc) is 1.91. The van der Waals surface area contributed by atoms with Crippen LogP contribution >= 0.6 is 0 Å². The van der Waals surface area contributed by atoms with Crippen molar-refractivity contribution in [1.29, 1.82) is 0 Å². The van der Waals surface area contributed by atoms with Crippen molar-refractivity contribution in [2.75, 3.05) is 21.0 Å². The highest BCUT2D eigenvalue weighted by Gasteiger charge is 2.09. The number of aliphatic hydroxyl groups is 1. The van der Waals surface area contributed by atoms with Crippen LogP contribution in [0.3, 0.4) is 0 Å². The van der Waals surface area contributed by atoms with E-state index in [1.165, 1.54) is 14.2 Å². The predicted molar refractivity (Wildman–Crippen MR) is 31.5 cm³/mol. The number of carbonyl (C=O) groups excluding carboxylic acids is 1. The second kappa shape index (κ2) is 4.98. The maximum absolute atomic E-state index is 10.6. The molecule has 0 aliphatic rings. The van der Waals surface area contributed by atoms with Crippen LogP contribution in [0.1, 0.15) is 0 Å². The zero-order valence-electron chi connectivity index (χ0n) is 5.83. The van der Waals surface area contributed by atoms with Crippen molar-refractivity contribution >= 4 is 6.03 Å². The van der Waals surface area contributed by atoms with E-state index in [1.54, 1.807) is 0 Å². The molecule has 6 nitrogen and oxygen atoms in total. The molecule has 0 aromatic heterocycles. The summed E-state index contributed by atoms with van der Waals surface area (Å²) in [4.78, 5) is 19.3. The molecule has 0 bridgehead atoms. The quantitative estimate of drug-likeness (QED) is 0.403. The van der Waals surface area contributed by atoms with Crippen molar-refractivity contribution < 1.29 is 19.6 Å². The Hall–Kier alpha value is -0.850. The van der Waals surface area contributed by atoms with Gasteiger partial charge in [0.2, 0.25) is 0 Å². The minimum atomic E-state index is -0.660. The summed E-state index contributed by atoms with van der Waals surface area (Å²) in [5, 5.41) is 9.09. The first-order valence-electron chi connectivity index (χ1n) is 2.51. The van der Waals surface area contributed by atoms with Gasteiger partial charge in [-0.2, -0.15) is 5.06 Å². The number of carbonyl (C=O) groups is 1. The molecule has 2 N–H and O–H groups in total. The maximum atomic E-state index is 10.6. The van der Waals surface area contributed by atoms with E-state index in [0.29, 0.717) is 5.06 Å². The molecule has 10 heavy (non-hydrogen) atoms. The molecule has 0 aromatic carbocycles. The van der Waals surface area contributed by atoms with Gasteiger partial charge in [0.05, 0.1) is 14.2 Å². The molecular formula is C4H10N2O4. The fraction of sp³-hybridized carbons (Fsp3) is 0.750. The fourth-order valence-electron chi connectivity index (χ4n) is 0.343. The van der Waals surface area contributed by atoms with E-state index in [0.717, 1.165) is 0 Å². The highest BCUT2D eigenvalue weighted by Crippen LogP contribution is 1.85. The summed E-state index contributed by atoms with van der Waals surface area (Å²) in [5.41, 5.74) is 1.95. The van der Waals surface area contributed by atoms with Gasteiger partial charge < -0.3 is 5.11 Å². The third-order valence-electron chi connectivity index (χ3n) is 0.765. The number of aliphatic hydroxyl groups excluding tert-OH is 1. The first-order valence-corrected chi connectivity index (χ1v) is 2.51. The minimum Gasteiger partial charge on any atom is -0.374 e. The van der Waals surface area contributed by atoms with E-state index in [4.69, 9.17) is 5.11 Å². The highest BCUT2D eigenvalue weighted by atomic mass is 16.7. The number of urea groups is 1. The zero-order valence-corrected chi connectivity index (χ0v) is 5.83. The summed E-state index contributed by atoms with van der Waals surface area (Å²) in [7, 11) is 2.54. The van der Waals surface area contributed by atoms with E-state index in [9.17, 15) is 4.79 Å². The number of nitrogens with zero attached hydrogens (tertiary/aromatic N) is 1. The van der Waals surface area contributed by atoms with Crippen molar-refractivity contribution in [3.05, 3.63) is 0 Å². The van der Waals surface area contributed by atoms with E-state index in [2.05, 4.69) is 9.68 Å². The second-order valence-electron chi connectivity index (χ2n) is 1.31. The summed E-state index contributed by atoms with van der Waals surface area (Å²) >= 11 is 0. The molecule has 0 saturated carbocycles. The van der Waals surface area contributed by atoms with Crippen LogP contribution in [0.15, 0.2) is 0 Å². The van der Waals surface area contributed by atoms with Crippen LogP contribution in [-0.4, -0.2) is 37.2 Å². The maximum Gasteiger partial charge on any atom is 0.367 e. The molecule has 0 atom stereocenters. The Bertz CT molecular complexity index is 103. The third-order valence-corrected chi connectivity index (χ3v) is 0.765. The molecule has 0 aliphatic heterocycles. The van der Waals surface area contributed by atoms with Crippen molar-refractivity contribution in [3.63, 3.8) is 0 Å². The van der Waals surface area contributed by atoms with Crippen LogP contribution in [0.25, 0.3) is 0 Å². The van der Waals surface area contributed by atoms with Gasteiger partial charge in [0.1, 0.15) is 6.73 Å². The molecule has 0 radical (unpaired) electrons. The Kier molecular flexibility index (Phi) is 4.55. The molecule has 0 saturated heterocycles. The van der Waals surface area contributed by atoms with Gasteiger partial charge in [0.25, 0.3) is 0 Å².